The predicted molar refractivity (Wildman–Crippen MR) is 51.4 cm³/mol. The Morgan fingerprint density at radius 2 is 1.81 bits per heavy atom. The number of hydrogen-bond donors (Lipinski definition) is 0. The summed E-state index contributed by atoms with van der Waals surface area (Å²) in [7, 11) is 0. The second-order valence-corrected chi connectivity index (χ2v) is 3.48. The van der Waals surface area contributed by atoms with Gasteiger partial charge in [-0.1, -0.05) is 0 Å². The third-order valence-corrected chi connectivity index (χ3v) is 2.27. The van der Waals surface area contributed by atoms with Gasteiger partial charge in [-0.15, -0.1) is 0 Å². The van der Waals surface area contributed by atoms with E-state index < -0.39 is 17.7 Å². The summed E-state index contributed by atoms with van der Waals surface area (Å²) in [5, 5.41) is 0.396. The van der Waals surface area contributed by atoms with E-state index >= 15 is 0 Å². The van der Waals surface area contributed by atoms with Crippen LogP contribution in [0.15, 0.2) is 24.3 Å². The summed E-state index contributed by atoms with van der Waals surface area (Å²) < 4.78 is 50.2. The van der Waals surface area contributed by atoms with Crippen LogP contribution < -0.4 is 0 Å². The largest absolute Gasteiger partial charge is 0.433 e. The summed E-state index contributed by atoms with van der Waals surface area (Å²) in [6.45, 7) is 1.50. The average molecular weight is 229 g/mol. The van der Waals surface area contributed by atoms with E-state index in [1.165, 1.54) is 19.1 Å². The molecule has 84 valence electrons. The molecule has 1 aromatic carbocycles. The highest BCUT2D eigenvalue weighted by Gasteiger charge is 2.32. The van der Waals surface area contributed by atoms with Crippen molar-refractivity contribution in [3.63, 3.8) is 0 Å². The third-order valence-electron chi connectivity index (χ3n) is 2.27. The Hall–Kier alpha value is -1.65. The second-order valence-electron chi connectivity index (χ2n) is 3.48. The number of pyridine rings is 1. The fourth-order valence-corrected chi connectivity index (χ4v) is 1.51. The number of alkyl halides is 3. The summed E-state index contributed by atoms with van der Waals surface area (Å²) in [5.41, 5.74) is -0.449. The minimum Gasteiger partial charge on any atom is -0.243 e. The van der Waals surface area contributed by atoms with Gasteiger partial charge in [0.05, 0.1) is 5.52 Å². The topological polar surface area (TPSA) is 12.9 Å². The summed E-state index contributed by atoms with van der Waals surface area (Å²) in [4.78, 5) is 3.46. The number of rotatable bonds is 0. The van der Waals surface area contributed by atoms with Gasteiger partial charge in [0.2, 0.25) is 0 Å². The van der Waals surface area contributed by atoms with Crippen molar-refractivity contribution in [2.75, 3.05) is 0 Å². The molecule has 1 nitrogen and oxygen atoms in total. The lowest BCUT2D eigenvalue weighted by Crippen LogP contribution is -2.08. The Balaban J connectivity index is 2.74. The van der Waals surface area contributed by atoms with Crippen molar-refractivity contribution in [1.29, 1.82) is 0 Å². The third kappa shape index (κ3) is 1.85. The number of aryl methyl sites for hydroxylation is 1. The van der Waals surface area contributed by atoms with Crippen molar-refractivity contribution in [3.8, 4) is 0 Å². The summed E-state index contributed by atoms with van der Waals surface area (Å²) in [6, 6.07) is 4.43. The molecular formula is C11H7F4N. The fraction of sp³-hybridized carbons (Fsp3) is 0.182. The van der Waals surface area contributed by atoms with Crippen molar-refractivity contribution in [1.82, 2.24) is 4.98 Å². The van der Waals surface area contributed by atoms with Crippen LogP contribution in [-0.2, 0) is 6.18 Å². The molecule has 5 heteroatoms. The molecule has 0 fully saturated rings. The molecule has 2 rings (SSSR count). The highest BCUT2D eigenvalue weighted by atomic mass is 19.4. The van der Waals surface area contributed by atoms with Crippen molar-refractivity contribution in [3.05, 3.63) is 41.3 Å². The van der Waals surface area contributed by atoms with Gasteiger partial charge in [-0.05, 0) is 36.8 Å². The Morgan fingerprint density at radius 1 is 1.12 bits per heavy atom. The SMILES string of the molecule is Cc1cc(C(F)(F)F)nc2ccc(F)cc12. The van der Waals surface area contributed by atoms with Gasteiger partial charge in [-0.2, -0.15) is 13.2 Å². The molecule has 0 unspecified atom stereocenters. The minimum absolute atomic E-state index is 0.147. The molecule has 16 heavy (non-hydrogen) atoms. The molecule has 0 atom stereocenters. The first-order chi connectivity index (χ1) is 7.38. The lowest BCUT2D eigenvalue weighted by atomic mass is 10.1. The standard InChI is InChI=1S/C11H7F4N/c1-6-4-10(11(13,14)15)16-9-3-2-7(12)5-8(6)9/h2-5H,1H3. The molecule has 0 radical (unpaired) electrons. The lowest BCUT2D eigenvalue weighted by molar-refractivity contribution is -0.141. The van der Waals surface area contributed by atoms with Gasteiger partial charge < -0.3 is 0 Å². The summed E-state index contributed by atoms with van der Waals surface area (Å²) >= 11 is 0. The van der Waals surface area contributed by atoms with Gasteiger partial charge in [0.1, 0.15) is 11.5 Å². The quantitative estimate of drug-likeness (QED) is 0.627. The molecule has 0 saturated heterocycles. The molecular weight excluding hydrogens is 222 g/mol. The van der Waals surface area contributed by atoms with Crippen molar-refractivity contribution in [2.45, 2.75) is 13.1 Å². The van der Waals surface area contributed by atoms with E-state index in [4.69, 9.17) is 0 Å². The number of benzene rings is 1. The zero-order chi connectivity index (χ0) is 11.9. The van der Waals surface area contributed by atoms with Crippen LogP contribution in [0.5, 0.6) is 0 Å². The molecule has 1 aromatic heterocycles. The lowest BCUT2D eigenvalue weighted by Gasteiger charge is -2.09. The maximum absolute atomic E-state index is 12.9. The van der Waals surface area contributed by atoms with Crippen molar-refractivity contribution >= 4 is 10.9 Å². The molecule has 0 aliphatic heterocycles. The van der Waals surface area contributed by atoms with Gasteiger partial charge in [0.25, 0.3) is 0 Å². The van der Waals surface area contributed by atoms with Crippen LogP contribution in [0.25, 0.3) is 10.9 Å². The van der Waals surface area contributed by atoms with Gasteiger partial charge in [0.15, 0.2) is 0 Å². The zero-order valence-electron chi connectivity index (χ0n) is 8.27. The number of aromatic nitrogens is 1. The van der Waals surface area contributed by atoms with Crippen LogP contribution in [0, 0.1) is 12.7 Å². The van der Waals surface area contributed by atoms with Crippen LogP contribution in [0.4, 0.5) is 17.6 Å². The van der Waals surface area contributed by atoms with E-state index in [0.717, 1.165) is 12.1 Å². The second kappa shape index (κ2) is 3.43. The summed E-state index contributed by atoms with van der Waals surface area (Å²) in [6.07, 6.45) is -4.48. The first-order valence-electron chi connectivity index (χ1n) is 4.52. The Bertz CT molecular complexity index is 545. The van der Waals surface area contributed by atoms with E-state index in [1.807, 2.05) is 0 Å². The van der Waals surface area contributed by atoms with E-state index in [2.05, 4.69) is 4.98 Å². The highest BCUT2D eigenvalue weighted by molar-refractivity contribution is 5.82. The Labute approximate surface area is 88.7 Å². The number of fused-ring (bicyclic) bond motifs is 1. The van der Waals surface area contributed by atoms with Crippen LogP contribution in [0.2, 0.25) is 0 Å². The maximum atomic E-state index is 12.9. The number of hydrogen-bond acceptors (Lipinski definition) is 1. The Morgan fingerprint density at radius 3 is 2.44 bits per heavy atom. The average Bonchev–Trinajstić information content (AvgIpc) is 2.17. The van der Waals surface area contributed by atoms with E-state index in [-0.39, 0.29) is 5.52 Å². The zero-order valence-corrected chi connectivity index (χ0v) is 8.27. The van der Waals surface area contributed by atoms with E-state index in [0.29, 0.717) is 10.9 Å². The molecule has 2 aromatic rings. The molecule has 0 aliphatic carbocycles. The molecule has 0 aliphatic rings. The van der Waals surface area contributed by atoms with Gasteiger partial charge in [-0.3, -0.25) is 0 Å². The van der Waals surface area contributed by atoms with Gasteiger partial charge in [-0.25, -0.2) is 9.37 Å². The van der Waals surface area contributed by atoms with Crippen molar-refractivity contribution < 1.29 is 17.6 Å². The molecule has 0 amide bonds. The maximum Gasteiger partial charge on any atom is 0.433 e. The first-order valence-corrected chi connectivity index (χ1v) is 4.52. The smallest absolute Gasteiger partial charge is 0.243 e. The summed E-state index contributed by atoms with van der Waals surface area (Å²) in [5.74, 6) is -0.489. The molecule has 0 N–H and O–H groups in total. The normalized spacial score (nSPS) is 12.1. The Kier molecular flexibility index (Phi) is 2.33. The van der Waals surface area contributed by atoms with Gasteiger partial charge in [0, 0.05) is 5.39 Å². The highest BCUT2D eigenvalue weighted by Crippen LogP contribution is 2.30. The molecule has 0 spiro atoms. The number of nitrogens with zero attached hydrogens (tertiary/aromatic N) is 1. The monoisotopic (exact) mass is 229 g/mol. The first kappa shape index (κ1) is 10.9. The van der Waals surface area contributed by atoms with Crippen LogP contribution >= 0.6 is 0 Å². The molecule has 0 bridgehead atoms. The molecule has 1 heterocycles. The molecule has 0 saturated carbocycles. The van der Waals surface area contributed by atoms with Crippen LogP contribution in [0.3, 0.4) is 0 Å². The predicted octanol–water partition coefficient (Wildman–Crippen LogP) is 3.70. The van der Waals surface area contributed by atoms with Crippen LogP contribution in [-0.4, -0.2) is 4.98 Å². The fourth-order valence-electron chi connectivity index (χ4n) is 1.51. The van der Waals surface area contributed by atoms with Crippen molar-refractivity contribution in [2.24, 2.45) is 0 Å². The minimum atomic E-state index is -4.48. The van der Waals surface area contributed by atoms with E-state index in [9.17, 15) is 17.6 Å². The number of halogens is 4. The van der Waals surface area contributed by atoms with Gasteiger partial charge >= 0.3 is 6.18 Å². The van der Waals surface area contributed by atoms with E-state index in [1.54, 1.807) is 0 Å². The van der Waals surface area contributed by atoms with Crippen LogP contribution in [0.1, 0.15) is 11.3 Å².